The van der Waals surface area contributed by atoms with Gasteiger partial charge in [0.15, 0.2) is 0 Å². The summed E-state index contributed by atoms with van der Waals surface area (Å²) in [5.74, 6) is -0.407. The van der Waals surface area contributed by atoms with Gasteiger partial charge in [0.05, 0.1) is 31.3 Å². The van der Waals surface area contributed by atoms with Gasteiger partial charge in [-0.2, -0.15) is 5.26 Å². The Kier molecular flexibility index (Phi) is 3.47. The van der Waals surface area contributed by atoms with Gasteiger partial charge in [0.25, 0.3) is 0 Å². The molecule has 2 bridgehead atoms. The van der Waals surface area contributed by atoms with E-state index < -0.39 is 11.4 Å². The van der Waals surface area contributed by atoms with E-state index >= 15 is 0 Å². The fourth-order valence-corrected chi connectivity index (χ4v) is 3.27. The highest BCUT2D eigenvalue weighted by Crippen LogP contribution is 2.38. The van der Waals surface area contributed by atoms with Crippen molar-refractivity contribution >= 4 is 0 Å². The number of morpholine rings is 1. The van der Waals surface area contributed by atoms with Gasteiger partial charge in [0.2, 0.25) is 0 Å². The van der Waals surface area contributed by atoms with E-state index in [-0.39, 0.29) is 18.5 Å². The van der Waals surface area contributed by atoms with Crippen molar-refractivity contribution in [1.29, 1.82) is 5.26 Å². The Bertz CT molecular complexity index is 543. The number of fused-ring (bicyclic) bond motifs is 2. The Morgan fingerprint density at radius 3 is 2.75 bits per heavy atom. The van der Waals surface area contributed by atoms with Crippen molar-refractivity contribution < 1.29 is 14.2 Å². The van der Waals surface area contributed by atoms with Crippen LogP contribution in [-0.2, 0) is 16.8 Å². The first kappa shape index (κ1) is 13.5. The Balaban J connectivity index is 1.94. The van der Waals surface area contributed by atoms with E-state index in [1.807, 2.05) is 6.07 Å². The van der Waals surface area contributed by atoms with E-state index in [1.165, 1.54) is 6.07 Å². The summed E-state index contributed by atoms with van der Waals surface area (Å²) in [7, 11) is 0. The van der Waals surface area contributed by atoms with E-state index in [1.54, 1.807) is 12.1 Å². The normalized spacial score (nSPS) is 32.6. The molecule has 0 radical (unpaired) electrons. The second-order valence-electron chi connectivity index (χ2n) is 5.69. The van der Waals surface area contributed by atoms with Gasteiger partial charge in [-0.1, -0.05) is 6.07 Å². The van der Waals surface area contributed by atoms with Gasteiger partial charge in [-0.15, -0.1) is 0 Å². The average molecular weight is 276 g/mol. The first-order valence-electron chi connectivity index (χ1n) is 6.83. The van der Waals surface area contributed by atoms with Gasteiger partial charge in [-0.05, 0) is 30.5 Å². The average Bonchev–Trinajstić information content (AvgIpc) is 2.40. The Morgan fingerprint density at radius 1 is 1.40 bits per heavy atom. The molecule has 2 unspecified atom stereocenters. The number of piperidine rings is 1. The molecule has 0 spiro atoms. The molecule has 0 saturated carbocycles. The van der Waals surface area contributed by atoms with Crippen molar-refractivity contribution in [2.24, 2.45) is 0 Å². The van der Waals surface area contributed by atoms with Crippen LogP contribution in [0.1, 0.15) is 24.0 Å². The lowest BCUT2D eigenvalue weighted by atomic mass is 9.77. The summed E-state index contributed by atoms with van der Waals surface area (Å²) in [5, 5.41) is 23.0. The maximum atomic E-state index is 14.1. The summed E-state index contributed by atoms with van der Waals surface area (Å²) < 4.78 is 19.6. The topological polar surface area (TPSA) is 65.3 Å². The molecule has 3 rings (SSSR count). The van der Waals surface area contributed by atoms with Gasteiger partial charge in [-0.3, -0.25) is 0 Å². The molecule has 20 heavy (non-hydrogen) atoms. The molecule has 2 aliphatic rings. The Morgan fingerprint density at radius 2 is 2.10 bits per heavy atom. The van der Waals surface area contributed by atoms with Crippen LogP contribution in [0.2, 0.25) is 0 Å². The number of rotatable bonds is 2. The van der Waals surface area contributed by atoms with Gasteiger partial charge in [0, 0.05) is 17.6 Å². The molecule has 0 amide bonds. The molecular formula is C15H17FN2O2. The Labute approximate surface area is 117 Å². The summed E-state index contributed by atoms with van der Waals surface area (Å²) in [4.78, 5) is 0. The monoisotopic (exact) mass is 276 g/mol. The molecule has 2 N–H and O–H groups in total. The number of halogens is 1. The van der Waals surface area contributed by atoms with E-state index in [0.717, 1.165) is 5.56 Å². The fraction of sp³-hybridized carbons (Fsp3) is 0.533. The number of hydrogen-bond acceptors (Lipinski definition) is 4. The van der Waals surface area contributed by atoms with Crippen LogP contribution in [0.5, 0.6) is 0 Å². The number of nitrogens with one attached hydrogen (secondary N) is 1. The standard InChI is InChI=1S/C15H17FN2O2/c16-14-2-1-10(3-4-17)5-13(14)15(19)6-11-8-20-9-12(7-15)18-11/h1-2,5,11-12,18-19H,3,6-9H2. The molecule has 4 nitrogen and oxygen atoms in total. The zero-order chi connectivity index (χ0) is 14.2. The maximum absolute atomic E-state index is 14.1. The van der Waals surface area contributed by atoms with Crippen molar-refractivity contribution in [1.82, 2.24) is 5.32 Å². The van der Waals surface area contributed by atoms with E-state index in [0.29, 0.717) is 31.6 Å². The predicted octanol–water partition coefficient (Wildman–Crippen LogP) is 1.23. The van der Waals surface area contributed by atoms with Crippen LogP contribution in [0.3, 0.4) is 0 Å². The van der Waals surface area contributed by atoms with E-state index in [4.69, 9.17) is 10.00 Å². The van der Waals surface area contributed by atoms with Crippen LogP contribution in [-0.4, -0.2) is 30.4 Å². The summed E-state index contributed by atoms with van der Waals surface area (Å²) >= 11 is 0. The molecule has 2 fully saturated rings. The third-order valence-corrected chi connectivity index (χ3v) is 4.09. The molecule has 2 saturated heterocycles. The zero-order valence-electron chi connectivity index (χ0n) is 11.1. The molecule has 2 heterocycles. The van der Waals surface area contributed by atoms with Crippen molar-refractivity contribution in [2.45, 2.75) is 36.9 Å². The highest BCUT2D eigenvalue weighted by molar-refractivity contribution is 5.32. The molecule has 106 valence electrons. The maximum Gasteiger partial charge on any atom is 0.129 e. The van der Waals surface area contributed by atoms with E-state index in [9.17, 15) is 9.50 Å². The molecular weight excluding hydrogens is 259 g/mol. The van der Waals surface area contributed by atoms with Gasteiger partial charge in [0.1, 0.15) is 5.82 Å². The number of benzene rings is 1. The molecule has 2 atom stereocenters. The van der Waals surface area contributed by atoms with Crippen LogP contribution in [0.25, 0.3) is 0 Å². The van der Waals surface area contributed by atoms with E-state index in [2.05, 4.69) is 5.32 Å². The second-order valence-corrected chi connectivity index (χ2v) is 5.69. The van der Waals surface area contributed by atoms with Gasteiger partial charge < -0.3 is 15.2 Å². The molecule has 0 aromatic heterocycles. The zero-order valence-corrected chi connectivity index (χ0v) is 11.1. The lowest BCUT2D eigenvalue weighted by Gasteiger charge is -2.45. The van der Waals surface area contributed by atoms with Gasteiger partial charge >= 0.3 is 0 Å². The van der Waals surface area contributed by atoms with Crippen LogP contribution in [0.4, 0.5) is 4.39 Å². The summed E-state index contributed by atoms with van der Waals surface area (Å²) in [6, 6.07) is 6.71. The smallest absolute Gasteiger partial charge is 0.129 e. The summed E-state index contributed by atoms with van der Waals surface area (Å²) in [6.45, 7) is 1.08. The third-order valence-electron chi connectivity index (χ3n) is 4.09. The quantitative estimate of drug-likeness (QED) is 0.852. The van der Waals surface area contributed by atoms with Crippen molar-refractivity contribution in [3.05, 3.63) is 35.1 Å². The molecule has 1 aromatic carbocycles. The predicted molar refractivity (Wildman–Crippen MR) is 70.4 cm³/mol. The number of nitrogens with zero attached hydrogens (tertiary/aromatic N) is 1. The van der Waals surface area contributed by atoms with Crippen LogP contribution < -0.4 is 5.32 Å². The largest absolute Gasteiger partial charge is 0.385 e. The minimum Gasteiger partial charge on any atom is -0.385 e. The van der Waals surface area contributed by atoms with Crippen molar-refractivity contribution in [3.8, 4) is 6.07 Å². The van der Waals surface area contributed by atoms with Crippen molar-refractivity contribution in [2.75, 3.05) is 13.2 Å². The second kappa shape index (κ2) is 5.13. The minimum atomic E-state index is -1.18. The first-order valence-corrected chi connectivity index (χ1v) is 6.83. The highest BCUT2D eigenvalue weighted by Gasteiger charge is 2.43. The molecule has 5 heteroatoms. The lowest BCUT2D eigenvalue weighted by Crippen LogP contribution is -2.58. The summed E-state index contributed by atoms with van der Waals surface area (Å²) in [5.41, 5.74) is -0.138. The van der Waals surface area contributed by atoms with Crippen molar-refractivity contribution in [3.63, 3.8) is 0 Å². The number of aliphatic hydroxyl groups is 1. The molecule has 1 aromatic rings. The van der Waals surface area contributed by atoms with Crippen LogP contribution in [0.15, 0.2) is 18.2 Å². The number of ether oxygens (including phenoxy) is 1. The SMILES string of the molecule is N#CCc1ccc(F)c(C2(O)CC3COCC(C2)N3)c1. The summed E-state index contributed by atoms with van der Waals surface area (Å²) in [6.07, 6.45) is 1.07. The first-order chi connectivity index (χ1) is 9.60. The minimum absolute atomic E-state index is 0.0477. The molecule has 0 aliphatic carbocycles. The molecule has 2 aliphatic heterocycles. The van der Waals surface area contributed by atoms with Gasteiger partial charge in [-0.25, -0.2) is 4.39 Å². The lowest BCUT2D eigenvalue weighted by molar-refractivity contribution is -0.0817. The number of nitriles is 1. The highest BCUT2D eigenvalue weighted by atomic mass is 19.1. The fourth-order valence-electron chi connectivity index (χ4n) is 3.27. The van der Waals surface area contributed by atoms with Crippen LogP contribution in [0, 0.1) is 17.1 Å². The number of hydrogen-bond donors (Lipinski definition) is 2. The Hall–Kier alpha value is -1.48. The third kappa shape index (κ3) is 2.42. The van der Waals surface area contributed by atoms with Crippen LogP contribution >= 0.6 is 0 Å².